The molecule has 3 aromatic rings. The predicted octanol–water partition coefficient (Wildman–Crippen LogP) is 3.05. The third kappa shape index (κ3) is 3.73. The molecule has 0 bridgehead atoms. The summed E-state index contributed by atoms with van der Waals surface area (Å²) in [7, 11) is -3.50. The lowest BCUT2D eigenvalue weighted by molar-refractivity contribution is 0.0784. The number of H-pyrrole nitrogens is 1. The van der Waals surface area contributed by atoms with Crippen LogP contribution in [0.2, 0.25) is 0 Å². The molecule has 1 fully saturated rings. The van der Waals surface area contributed by atoms with E-state index in [0.29, 0.717) is 36.6 Å². The molecule has 1 aliphatic rings. The van der Waals surface area contributed by atoms with Gasteiger partial charge in [0.25, 0.3) is 0 Å². The Kier molecular flexibility index (Phi) is 5.29. The molecule has 0 amide bonds. The topological polar surface area (TPSA) is 73.5 Å². The fraction of sp³-hybridized carbons (Fsp3) is 0.318. The molecular formula is C22H25N3O3S. The van der Waals surface area contributed by atoms with Crippen molar-refractivity contribution >= 4 is 26.7 Å². The molecule has 6 nitrogen and oxygen atoms in total. The lowest BCUT2D eigenvalue weighted by Gasteiger charge is -2.36. The maximum Gasteiger partial charge on any atom is 0.243 e. The van der Waals surface area contributed by atoms with E-state index in [1.807, 2.05) is 50.2 Å². The number of hydrogen-bond donors (Lipinski definition) is 1. The summed E-state index contributed by atoms with van der Waals surface area (Å²) in [5, 5.41) is 0.921. The highest BCUT2D eigenvalue weighted by atomic mass is 32.2. The molecular weight excluding hydrogens is 386 g/mol. The van der Waals surface area contributed by atoms with Crippen LogP contribution in [0, 0.1) is 6.92 Å². The van der Waals surface area contributed by atoms with Crippen LogP contribution in [0.5, 0.6) is 0 Å². The van der Waals surface area contributed by atoms with Gasteiger partial charge in [-0.3, -0.25) is 9.69 Å². The molecule has 1 saturated heterocycles. The van der Waals surface area contributed by atoms with E-state index in [4.69, 9.17) is 0 Å². The largest absolute Gasteiger partial charge is 0.360 e. The number of Topliss-reactive ketones (excluding diaryl/α,β-unsaturated/α-hetero) is 1. The summed E-state index contributed by atoms with van der Waals surface area (Å²) in [6, 6.07) is 14.4. The third-order valence-electron chi connectivity index (χ3n) is 5.71. The number of hydrogen-bond acceptors (Lipinski definition) is 4. The van der Waals surface area contributed by atoms with Gasteiger partial charge in [0.05, 0.1) is 10.9 Å². The number of rotatable bonds is 5. The number of ketones is 1. The summed E-state index contributed by atoms with van der Waals surface area (Å²) in [4.78, 5) is 18.6. The Morgan fingerprint density at radius 2 is 1.66 bits per heavy atom. The first-order valence-corrected chi connectivity index (χ1v) is 11.2. The number of sulfonamides is 1. The van der Waals surface area contributed by atoms with Crippen molar-refractivity contribution in [3.05, 3.63) is 65.9 Å². The molecule has 1 aromatic heterocycles. The fourth-order valence-corrected chi connectivity index (χ4v) is 5.28. The van der Waals surface area contributed by atoms with Gasteiger partial charge in [-0.2, -0.15) is 4.31 Å². The summed E-state index contributed by atoms with van der Waals surface area (Å²) in [5.41, 5.74) is 2.65. The van der Waals surface area contributed by atoms with Gasteiger partial charge in [0.2, 0.25) is 10.0 Å². The van der Waals surface area contributed by atoms with Crippen LogP contribution in [0.1, 0.15) is 22.8 Å². The number of piperazine rings is 1. The standard InChI is InChI=1S/C22H25N3O3S/c1-16-7-9-18(10-8-16)29(27,28)25-13-11-24(12-14-25)17(2)22(26)20-15-23-21-6-4-3-5-19(20)21/h3-10,15,17,23H,11-14H2,1-2H3/t17-/m1/s1. The number of carbonyl (C=O) groups excluding carboxylic acids is 1. The molecule has 1 aliphatic heterocycles. The van der Waals surface area contributed by atoms with E-state index >= 15 is 0 Å². The average molecular weight is 412 g/mol. The molecule has 152 valence electrons. The molecule has 1 atom stereocenters. The zero-order chi connectivity index (χ0) is 20.6. The van der Waals surface area contributed by atoms with E-state index in [0.717, 1.165) is 16.5 Å². The zero-order valence-electron chi connectivity index (χ0n) is 16.6. The second kappa shape index (κ2) is 7.74. The molecule has 4 rings (SSSR count). The van der Waals surface area contributed by atoms with Gasteiger partial charge in [0.1, 0.15) is 0 Å². The SMILES string of the molecule is Cc1ccc(S(=O)(=O)N2CCN([C@H](C)C(=O)c3c[nH]c4ccccc34)CC2)cc1. The van der Waals surface area contributed by atoms with Crippen LogP contribution in [-0.4, -0.2) is 60.6 Å². The number of aryl methyl sites for hydroxylation is 1. The Morgan fingerprint density at radius 3 is 2.34 bits per heavy atom. The lowest BCUT2D eigenvalue weighted by Crippen LogP contribution is -2.53. The number of aromatic nitrogens is 1. The highest BCUT2D eigenvalue weighted by Gasteiger charge is 2.32. The molecule has 0 radical (unpaired) electrons. The Hall–Kier alpha value is -2.48. The van der Waals surface area contributed by atoms with Gasteiger partial charge in [0, 0.05) is 48.8 Å². The summed E-state index contributed by atoms with van der Waals surface area (Å²) < 4.78 is 27.3. The van der Waals surface area contributed by atoms with Gasteiger partial charge in [-0.15, -0.1) is 0 Å². The summed E-state index contributed by atoms with van der Waals surface area (Å²) in [6.07, 6.45) is 1.77. The van der Waals surface area contributed by atoms with Crippen LogP contribution in [0.3, 0.4) is 0 Å². The van der Waals surface area contributed by atoms with Gasteiger partial charge >= 0.3 is 0 Å². The molecule has 29 heavy (non-hydrogen) atoms. The molecule has 0 saturated carbocycles. The summed E-state index contributed by atoms with van der Waals surface area (Å²) in [5.74, 6) is 0.0530. The lowest BCUT2D eigenvalue weighted by atomic mass is 10.0. The second-order valence-corrected chi connectivity index (χ2v) is 9.48. The molecule has 2 heterocycles. The van der Waals surface area contributed by atoms with E-state index in [-0.39, 0.29) is 11.8 Å². The van der Waals surface area contributed by atoms with Crippen LogP contribution < -0.4 is 0 Å². The molecule has 0 unspecified atom stereocenters. The van der Waals surface area contributed by atoms with Gasteiger partial charge in [-0.05, 0) is 32.0 Å². The van der Waals surface area contributed by atoms with Crippen molar-refractivity contribution in [2.24, 2.45) is 0 Å². The number of aromatic amines is 1. The molecule has 0 spiro atoms. The number of para-hydroxylation sites is 1. The number of nitrogens with one attached hydrogen (secondary N) is 1. The van der Waals surface area contributed by atoms with Crippen LogP contribution in [0.4, 0.5) is 0 Å². The van der Waals surface area contributed by atoms with Crippen molar-refractivity contribution in [2.75, 3.05) is 26.2 Å². The number of nitrogens with zero attached hydrogens (tertiary/aromatic N) is 2. The van der Waals surface area contributed by atoms with Crippen molar-refractivity contribution in [3.8, 4) is 0 Å². The van der Waals surface area contributed by atoms with E-state index in [1.54, 1.807) is 18.3 Å². The van der Waals surface area contributed by atoms with Gasteiger partial charge in [0.15, 0.2) is 5.78 Å². The van der Waals surface area contributed by atoms with Crippen molar-refractivity contribution < 1.29 is 13.2 Å². The van der Waals surface area contributed by atoms with E-state index < -0.39 is 10.0 Å². The smallest absolute Gasteiger partial charge is 0.243 e. The van der Waals surface area contributed by atoms with Crippen molar-refractivity contribution in [1.82, 2.24) is 14.2 Å². The fourth-order valence-electron chi connectivity index (χ4n) is 3.86. The van der Waals surface area contributed by atoms with Gasteiger partial charge < -0.3 is 4.98 Å². The third-order valence-corrected chi connectivity index (χ3v) is 7.63. The quantitative estimate of drug-likeness (QED) is 0.655. The minimum Gasteiger partial charge on any atom is -0.360 e. The average Bonchev–Trinajstić information content (AvgIpc) is 3.17. The minimum atomic E-state index is -3.50. The number of benzene rings is 2. The Morgan fingerprint density at radius 1 is 1.00 bits per heavy atom. The maximum atomic E-state index is 13.1. The first-order chi connectivity index (χ1) is 13.9. The summed E-state index contributed by atoms with van der Waals surface area (Å²) >= 11 is 0. The van der Waals surface area contributed by atoms with Crippen LogP contribution in [0.15, 0.2) is 59.6 Å². The molecule has 2 aromatic carbocycles. The van der Waals surface area contributed by atoms with E-state index in [2.05, 4.69) is 9.88 Å². The Labute approximate surface area is 171 Å². The van der Waals surface area contributed by atoms with Crippen molar-refractivity contribution in [3.63, 3.8) is 0 Å². The Bertz CT molecular complexity index is 1130. The predicted molar refractivity (Wildman–Crippen MR) is 114 cm³/mol. The molecule has 0 aliphatic carbocycles. The van der Waals surface area contributed by atoms with Gasteiger partial charge in [-0.25, -0.2) is 8.42 Å². The van der Waals surface area contributed by atoms with E-state index in [1.165, 1.54) is 4.31 Å². The first kappa shape index (κ1) is 19.8. The highest BCUT2D eigenvalue weighted by molar-refractivity contribution is 7.89. The van der Waals surface area contributed by atoms with Crippen LogP contribution in [0.25, 0.3) is 10.9 Å². The first-order valence-electron chi connectivity index (χ1n) is 9.79. The minimum absolute atomic E-state index is 0.0530. The normalized spacial score (nSPS) is 17.4. The molecule has 7 heteroatoms. The van der Waals surface area contributed by atoms with E-state index in [9.17, 15) is 13.2 Å². The zero-order valence-corrected chi connectivity index (χ0v) is 17.4. The van der Waals surface area contributed by atoms with Crippen LogP contribution >= 0.6 is 0 Å². The maximum absolute atomic E-state index is 13.1. The van der Waals surface area contributed by atoms with Crippen LogP contribution in [-0.2, 0) is 10.0 Å². The van der Waals surface area contributed by atoms with Gasteiger partial charge in [-0.1, -0.05) is 35.9 Å². The monoisotopic (exact) mass is 411 g/mol. The number of carbonyl (C=O) groups is 1. The van der Waals surface area contributed by atoms with Crippen molar-refractivity contribution in [1.29, 1.82) is 0 Å². The summed E-state index contributed by atoms with van der Waals surface area (Å²) in [6.45, 7) is 5.64. The highest BCUT2D eigenvalue weighted by Crippen LogP contribution is 2.23. The second-order valence-electron chi connectivity index (χ2n) is 7.54. The Balaban J connectivity index is 1.45. The molecule has 1 N–H and O–H groups in total. The number of fused-ring (bicyclic) bond motifs is 1. The van der Waals surface area contributed by atoms with Crippen molar-refractivity contribution in [2.45, 2.75) is 24.8 Å².